The van der Waals surface area contributed by atoms with Crippen LogP contribution < -0.4 is 5.32 Å². The molecule has 0 amide bonds. The average molecular weight is 271 g/mol. The van der Waals surface area contributed by atoms with E-state index in [0.29, 0.717) is 12.2 Å². The van der Waals surface area contributed by atoms with Crippen molar-refractivity contribution in [2.24, 2.45) is 5.41 Å². The van der Waals surface area contributed by atoms with Crippen LogP contribution in [0.5, 0.6) is 0 Å². The molecule has 4 heteroatoms. The number of ketones is 1. The fourth-order valence-corrected chi connectivity index (χ4v) is 2.99. The van der Waals surface area contributed by atoms with E-state index >= 15 is 0 Å². The van der Waals surface area contributed by atoms with E-state index in [-0.39, 0.29) is 5.41 Å². The van der Waals surface area contributed by atoms with Crippen LogP contribution >= 0.6 is 0 Å². The third-order valence-electron chi connectivity index (χ3n) is 4.40. The maximum absolute atomic E-state index is 12.6. The summed E-state index contributed by atoms with van der Waals surface area (Å²) >= 11 is 0. The van der Waals surface area contributed by atoms with Gasteiger partial charge in [-0.2, -0.15) is 5.10 Å². The molecule has 1 unspecified atom stereocenters. The number of nitrogens with one attached hydrogen (secondary N) is 1. The first-order valence-electron chi connectivity index (χ1n) is 7.32. The van der Waals surface area contributed by atoms with Crippen molar-refractivity contribution in [3.63, 3.8) is 0 Å². The highest BCUT2D eigenvalue weighted by molar-refractivity contribution is 5.91. The maximum Gasteiger partial charge on any atom is 0.146 e. The number of rotatable bonds is 4. The topological polar surface area (TPSA) is 46.9 Å². The Morgan fingerprint density at radius 1 is 1.45 bits per heavy atom. The van der Waals surface area contributed by atoms with E-state index in [1.165, 1.54) is 0 Å². The van der Waals surface area contributed by atoms with Gasteiger partial charge in [-0.3, -0.25) is 9.48 Å². The van der Waals surface area contributed by atoms with E-state index in [4.69, 9.17) is 0 Å². The number of fused-ring (bicyclic) bond motifs is 1. The van der Waals surface area contributed by atoms with Crippen LogP contribution in [0.25, 0.3) is 10.9 Å². The van der Waals surface area contributed by atoms with Gasteiger partial charge in [-0.25, -0.2) is 0 Å². The minimum Gasteiger partial charge on any atom is -0.316 e. The molecule has 2 heterocycles. The Bertz CT molecular complexity index is 638. The monoisotopic (exact) mass is 271 g/mol. The van der Waals surface area contributed by atoms with E-state index in [0.717, 1.165) is 42.7 Å². The molecule has 2 aromatic rings. The first kappa shape index (κ1) is 13.3. The fraction of sp³-hybridized carbons (Fsp3) is 0.500. The number of carbonyl (C=O) groups is 1. The molecule has 0 saturated carbocycles. The maximum atomic E-state index is 12.6. The Kier molecular flexibility index (Phi) is 3.34. The number of para-hydroxylation sites is 1. The molecule has 0 aliphatic carbocycles. The zero-order valence-corrected chi connectivity index (χ0v) is 12.1. The zero-order valence-electron chi connectivity index (χ0n) is 12.1. The molecule has 4 nitrogen and oxygen atoms in total. The molecule has 0 bridgehead atoms. The summed E-state index contributed by atoms with van der Waals surface area (Å²) in [5, 5.41) is 9.02. The Labute approximate surface area is 119 Å². The molecule has 1 fully saturated rings. The molecule has 3 rings (SSSR count). The Morgan fingerprint density at radius 3 is 2.95 bits per heavy atom. The van der Waals surface area contributed by atoms with Crippen molar-refractivity contribution in [3.05, 3.63) is 30.0 Å². The third-order valence-corrected chi connectivity index (χ3v) is 4.40. The van der Waals surface area contributed by atoms with Gasteiger partial charge in [0.2, 0.25) is 0 Å². The molecule has 0 radical (unpaired) electrons. The summed E-state index contributed by atoms with van der Waals surface area (Å²) in [5.74, 6) is 0.300. The number of aryl methyl sites for hydroxylation is 1. The van der Waals surface area contributed by atoms with Crippen LogP contribution in [-0.4, -0.2) is 28.7 Å². The normalized spacial score (nSPS) is 22.5. The van der Waals surface area contributed by atoms with Gasteiger partial charge in [0.25, 0.3) is 0 Å². The second kappa shape index (κ2) is 5.02. The van der Waals surface area contributed by atoms with Crippen LogP contribution in [0.15, 0.2) is 24.3 Å². The third kappa shape index (κ3) is 2.14. The van der Waals surface area contributed by atoms with Crippen LogP contribution in [-0.2, 0) is 17.8 Å². The lowest BCUT2D eigenvalue weighted by Gasteiger charge is -2.20. The highest BCUT2D eigenvalue weighted by Gasteiger charge is 2.36. The van der Waals surface area contributed by atoms with Crippen LogP contribution in [0.2, 0.25) is 0 Å². The molecule has 1 aliphatic heterocycles. The first-order chi connectivity index (χ1) is 9.64. The minimum atomic E-state index is -0.225. The second-order valence-corrected chi connectivity index (χ2v) is 5.87. The predicted molar refractivity (Wildman–Crippen MR) is 79.7 cm³/mol. The lowest BCUT2D eigenvalue weighted by atomic mass is 9.82. The zero-order chi connectivity index (χ0) is 14.2. The summed E-state index contributed by atoms with van der Waals surface area (Å²) in [7, 11) is 0. The molecule has 1 atom stereocenters. The highest BCUT2D eigenvalue weighted by Crippen LogP contribution is 2.28. The van der Waals surface area contributed by atoms with Gasteiger partial charge in [0.05, 0.1) is 17.6 Å². The second-order valence-electron chi connectivity index (χ2n) is 5.87. The molecule has 1 saturated heterocycles. The largest absolute Gasteiger partial charge is 0.316 e. The lowest BCUT2D eigenvalue weighted by molar-refractivity contribution is -0.126. The van der Waals surface area contributed by atoms with Crippen LogP contribution in [0.1, 0.15) is 26.0 Å². The summed E-state index contributed by atoms with van der Waals surface area (Å²) in [6.07, 6.45) is 1.37. The predicted octanol–water partition coefficient (Wildman–Crippen LogP) is 2.17. The molecule has 1 N–H and O–H groups in total. The van der Waals surface area contributed by atoms with Gasteiger partial charge in [0.1, 0.15) is 5.78 Å². The van der Waals surface area contributed by atoms with Crippen LogP contribution in [0.3, 0.4) is 0 Å². The summed E-state index contributed by atoms with van der Waals surface area (Å²) < 4.78 is 1.98. The van der Waals surface area contributed by atoms with Crippen LogP contribution in [0.4, 0.5) is 0 Å². The molecule has 106 valence electrons. The minimum absolute atomic E-state index is 0.225. The van der Waals surface area contributed by atoms with E-state index in [1.54, 1.807) is 0 Å². The number of hydrogen-bond donors (Lipinski definition) is 1. The Morgan fingerprint density at radius 2 is 2.25 bits per heavy atom. The van der Waals surface area contributed by atoms with E-state index < -0.39 is 0 Å². The van der Waals surface area contributed by atoms with Crippen molar-refractivity contribution in [2.75, 3.05) is 13.1 Å². The van der Waals surface area contributed by atoms with Gasteiger partial charge in [0, 0.05) is 23.9 Å². The standard InChI is InChI=1S/C16H21N3O/c1-3-19-14-7-5-4-6-12(14)13(18-19)10-15(20)16(2)8-9-17-11-16/h4-7,17H,3,8-11H2,1-2H3. The van der Waals surface area contributed by atoms with Gasteiger partial charge in [-0.05, 0) is 26.0 Å². The van der Waals surface area contributed by atoms with Gasteiger partial charge in [-0.1, -0.05) is 25.1 Å². The molecule has 0 spiro atoms. The molecule has 20 heavy (non-hydrogen) atoms. The van der Waals surface area contributed by atoms with Crippen molar-refractivity contribution >= 4 is 16.7 Å². The van der Waals surface area contributed by atoms with E-state index in [1.807, 2.05) is 16.8 Å². The van der Waals surface area contributed by atoms with Gasteiger partial charge in [-0.15, -0.1) is 0 Å². The number of benzene rings is 1. The fourth-order valence-electron chi connectivity index (χ4n) is 2.99. The molecular formula is C16H21N3O. The van der Waals surface area contributed by atoms with Crippen molar-refractivity contribution in [2.45, 2.75) is 33.2 Å². The summed E-state index contributed by atoms with van der Waals surface area (Å²) in [6.45, 7) is 6.69. The van der Waals surface area contributed by atoms with Crippen molar-refractivity contribution in [1.82, 2.24) is 15.1 Å². The number of nitrogens with zero attached hydrogens (tertiary/aromatic N) is 2. The van der Waals surface area contributed by atoms with Gasteiger partial charge < -0.3 is 5.32 Å². The van der Waals surface area contributed by atoms with E-state index in [9.17, 15) is 4.79 Å². The summed E-state index contributed by atoms with van der Waals surface area (Å²) in [5.41, 5.74) is 1.81. The van der Waals surface area contributed by atoms with Gasteiger partial charge in [0.15, 0.2) is 0 Å². The quantitative estimate of drug-likeness (QED) is 0.927. The highest BCUT2D eigenvalue weighted by atomic mass is 16.1. The van der Waals surface area contributed by atoms with Crippen molar-refractivity contribution < 1.29 is 4.79 Å². The SMILES string of the molecule is CCn1nc(CC(=O)C2(C)CCNC2)c2ccccc21. The molecule has 1 aromatic carbocycles. The Balaban J connectivity index is 1.93. The molecule has 1 aliphatic rings. The first-order valence-corrected chi connectivity index (χ1v) is 7.32. The molecular weight excluding hydrogens is 250 g/mol. The summed E-state index contributed by atoms with van der Waals surface area (Å²) in [4.78, 5) is 12.6. The summed E-state index contributed by atoms with van der Waals surface area (Å²) in [6, 6.07) is 8.16. The average Bonchev–Trinajstić information content (AvgIpc) is 3.05. The van der Waals surface area contributed by atoms with Crippen LogP contribution in [0, 0.1) is 5.41 Å². The number of hydrogen-bond acceptors (Lipinski definition) is 3. The number of aromatic nitrogens is 2. The van der Waals surface area contributed by atoms with Crippen molar-refractivity contribution in [1.29, 1.82) is 0 Å². The van der Waals surface area contributed by atoms with Crippen molar-refractivity contribution in [3.8, 4) is 0 Å². The van der Waals surface area contributed by atoms with E-state index in [2.05, 4.69) is 36.4 Å². The number of Topliss-reactive ketones (excluding diaryl/α,β-unsaturated/α-hetero) is 1. The lowest BCUT2D eigenvalue weighted by Crippen LogP contribution is -2.31. The van der Waals surface area contributed by atoms with Gasteiger partial charge >= 0.3 is 0 Å². The molecule has 1 aromatic heterocycles. The number of carbonyl (C=O) groups excluding carboxylic acids is 1. The smallest absolute Gasteiger partial charge is 0.146 e. The Hall–Kier alpha value is -1.68.